The predicted octanol–water partition coefficient (Wildman–Crippen LogP) is 4.41. The molecule has 0 bridgehead atoms. The van der Waals surface area contributed by atoms with Gasteiger partial charge in [-0.2, -0.15) is 5.10 Å². The molecular weight excluding hydrogens is 407 g/mol. The van der Waals surface area contributed by atoms with Crippen molar-refractivity contribution in [1.82, 2.24) is 15.1 Å². The summed E-state index contributed by atoms with van der Waals surface area (Å²) in [5.41, 5.74) is 5.10. The lowest BCUT2D eigenvalue weighted by atomic mass is 9.90. The van der Waals surface area contributed by atoms with Gasteiger partial charge in [0, 0.05) is 43.0 Å². The second kappa shape index (κ2) is 8.99. The van der Waals surface area contributed by atoms with Gasteiger partial charge < -0.3 is 10.6 Å². The van der Waals surface area contributed by atoms with Crippen LogP contribution < -0.4 is 10.6 Å². The SMILES string of the molecule is Cc1cc(-c2cccc(Cl)c2)ccc1NC(=O)[C@H]1CNC[C@@H]1c1cnn(C)c1.Cl. The number of nitrogens with one attached hydrogen (secondary N) is 2. The molecule has 1 aliphatic heterocycles. The van der Waals surface area contributed by atoms with E-state index in [4.69, 9.17) is 11.6 Å². The van der Waals surface area contributed by atoms with Gasteiger partial charge in [-0.15, -0.1) is 12.4 Å². The number of halogens is 2. The molecule has 7 heteroatoms. The van der Waals surface area contributed by atoms with Crippen molar-refractivity contribution in [3.63, 3.8) is 0 Å². The minimum absolute atomic E-state index is 0. The van der Waals surface area contributed by atoms with Crippen molar-refractivity contribution in [2.24, 2.45) is 13.0 Å². The summed E-state index contributed by atoms with van der Waals surface area (Å²) in [7, 11) is 1.89. The minimum Gasteiger partial charge on any atom is -0.326 e. The molecule has 0 saturated carbocycles. The highest BCUT2D eigenvalue weighted by atomic mass is 35.5. The Kier molecular flexibility index (Phi) is 6.63. The Hall–Kier alpha value is -2.34. The van der Waals surface area contributed by atoms with E-state index in [1.807, 2.05) is 62.8 Å². The van der Waals surface area contributed by atoms with Gasteiger partial charge in [0.05, 0.1) is 12.1 Å². The summed E-state index contributed by atoms with van der Waals surface area (Å²) in [6, 6.07) is 13.8. The highest BCUT2D eigenvalue weighted by molar-refractivity contribution is 6.30. The molecule has 0 unspecified atom stereocenters. The van der Waals surface area contributed by atoms with Crippen LogP contribution in [0.15, 0.2) is 54.9 Å². The van der Waals surface area contributed by atoms with E-state index < -0.39 is 0 Å². The molecule has 1 aromatic heterocycles. The van der Waals surface area contributed by atoms with Crippen LogP contribution in [0.1, 0.15) is 17.0 Å². The normalized spacial score (nSPS) is 18.3. The van der Waals surface area contributed by atoms with Crippen molar-refractivity contribution < 1.29 is 4.79 Å². The van der Waals surface area contributed by atoms with Crippen LogP contribution >= 0.6 is 24.0 Å². The molecule has 4 rings (SSSR count). The summed E-state index contributed by atoms with van der Waals surface area (Å²) in [6.45, 7) is 3.47. The minimum atomic E-state index is -0.115. The first-order valence-corrected chi connectivity index (χ1v) is 9.76. The Morgan fingerprint density at radius 2 is 2.00 bits per heavy atom. The zero-order valence-corrected chi connectivity index (χ0v) is 17.9. The Morgan fingerprint density at radius 3 is 2.69 bits per heavy atom. The fraction of sp³-hybridized carbons (Fsp3) is 0.273. The quantitative estimate of drug-likeness (QED) is 0.644. The highest BCUT2D eigenvalue weighted by Gasteiger charge is 2.34. The zero-order chi connectivity index (χ0) is 19.7. The van der Waals surface area contributed by atoms with Crippen LogP contribution in [0, 0.1) is 12.8 Å². The maximum absolute atomic E-state index is 13.0. The van der Waals surface area contributed by atoms with Gasteiger partial charge in [0.1, 0.15) is 0 Å². The second-order valence-corrected chi connectivity index (χ2v) is 7.78. The lowest BCUT2D eigenvalue weighted by Gasteiger charge is -2.18. The lowest BCUT2D eigenvalue weighted by molar-refractivity contribution is -0.119. The van der Waals surface area contributed by atoms with Crippen molar-refractivity contribution in [2.75, 3.05) is 18.4 Å². The first-order chi connectivity index (χ1) is 13.5. The van der Waals surface area contributed by atoms with Crippen LogP contribution in [0.5, 0.6) is 0 Å². The van der Waals surface area contributed by atoms with E-state index in [-0.39, 0.29) is 30.2 Å². The molecule has 1 saturated heterocycles. The highest BCUT2D eigenvalue weighted by Crippen LogP contribution is 2.31. The van der Waals surface area contributed by atoms with Gasteiger partial charge in [0.15, 0.2) is 0 Å². The molecule has 152 valence electrons. The summed E-state index contributed by atoms with van der Waals surface area (Å²) >= 11 is 6.10. The van der Waals surface area contributed by atoms with Crippen LogP contribution in [0.3, 0.4) is 0 Å². The number of rotatable bonds is 4. The molecule has 29 heavy (non-hydrogen) atoms. The van der Waals surface area contributed by atoms with Crippen LogP contribution in [0.2, 0.25) is 5.02 Å². The second-order valence-electron chi connectivity index (χ2n) is 7.35. The number of amides is 1. The smallest absolute Gasteiger partial charge is 0.229 e. The maximum atomic E-state index is 13.0. The number of hydrogen-bond donors (Lipinski definition) is 2. The van der Waals surface area contributed by atoms with Gasteiger partial charge in [0.25, 0.3) is 0 Å². The Bertz CT molecular complexity index is 1020. The molecule has 2 N–H and O–H groups in total. The third-order valence-corrected chi connectivity index (χ3v) is 5.58. The van der Waals surface area contributed by atoms with Crippen LogP contribution in [0.4, 0.5) is 5.69 Å². The first-order valence-electron chi connectivity index (χ1n) is 9.38. The van der Waals surface area contributed by atoms with Crippen molar-refractivity contribution in [1.29, 1.82) is 0 Å². The molecule has 3 aromatic rings. The number of anilines is 1. The molecule has 1 aliphatic rings. The molecule has 2 heterocycles. The Balaban J connectivity index is 0.00000240. The monoisotopic (exact) mass is 430 g/mol. The van der Waals surface area contributed by atoms with Crippen LogP contribution in [-0.4, -0.2) is 28.8 Å². The molecule has 5 nitrogen and oxygen atoms in total. The van der Waals surface area contributed by atoms with Gasteiger partial charge in [-0.3, -0.25) is 9.48 Å². The summed E-state index contributed by atoms with van der Waals surface area (Å²) in [5.74, 6) is 0.0633. The third-order valence-electron chi connectivity index (χ3n) is 5.35. The van der Waals surface area contributed by atoms with E-state index in [1.165, 1.54) is 0 Å². The molecule has 0 aliphatic carbocycles. The van der Waals surface area contributed by atoms with Crippen molar-refractivity contribution in [3.8, 4) is 11.1 Å². The van der Waals surface area contributed by atoms with Gasteiger partial charge in [-0.1, -0.05) is 29.8 Å². The van der Waals surface area contributed by atoms with Crippen molar-refractivity contribution >= 4 is 35.6 Å². The molecule has 1 amide bonds. The molecular formula is C22H24Cl2N4O. The van der Waals surface area contributed by atoms with E-state index >= 15 is 0 Å². The summed E-state index contributed by atoms with van der Waals surface area (Å²) in [5, 5.41) is 11.4. The number of carbonyl (C=O) groups is 1. The summed E-state index contributed by atoms with van der Waals surface area (Å²) in [6.07, 6.45) is 3.84. The zero-order valence-electron chi connectivity index (χ0n) is 16.4. The Labute approximate surface area is 181 Å². The third kappa shape index (κ3) is 4.64. The maximum Gasteiger partial charge on any atom is 0.229 e. The van der Waals surface area contributed by atoms with E-state index in [9.17, 15) is 4.79 Å². The summed E-state index contributed by atoms with van der Waals surface area (Å²) in [4.78, 5) is 13.0. The average molecular weight is 431 g/mol. The van der Waals surface area contributed by atoms with Crippen LogP contribution in [0.25, 0.3) is 11.1 Å². The molecule has 2 atom stereocenters. The van der Waals surface area contributed by atoms with Gasteiger partial charge in [0.2, 0.25) is 5.91 Å². The van der Waals surface area contributed by atoms with Gasteiger partial charge in [-0.05, 0) is 53.4 Å². The molecule has 0 radical (unpaired) electrons. The number of aryl methyl sites for hydroxylation is 2. The van der Waals surface area contributed by atoms with Crippen molar-refractivity contribution in [3.05, 3.63) is 71.0 Å². The first kappa shape index (κ1) is 21.4. The van der Waals surface area contributed by atoms with Crippen LogP contribution in [-0.2, 0) is 11.8 Å². The molecule has 1 fully saturated rings. The largest absolute Gasteiger partial charge is 0.326 e. The number of hydrogen-bond acceptors (Lipinski definition) is 3. The Morgan fingerprint density at radius 1 is 1.21 bits per heavy atom. The molecule has 0 spiro atoms. The topological polar surface area (TPSA) is 59.0 Å². The fourth-order valence-corrected chi connectivity index (χ4v) is 4.00. The fourth-order valence-electron chi connectivity index (χ4n) is 3.81. The lowest BCUT2D eigenvalue weighted by Crippen LogP contribution is -2.28. The molecule has 2 aromatic carbocycles. The van der Waals surface area contributed by atoms with Gasteiger partial charge >= 0.3 is 0 Å². The summed E-state index contributed by atoms with van der Waals surface area (Å²) < 4.78 is 1.78. The predicted molar refractivity (Wildman–Crippen MR) is 120 cm³/mol. The average Bonchev–Trinajstić information content (AvgIpc) is 3.32. The van der Waals surface area contributed by atoms with Gasteiger partial charge in [-0.25, -0.2) is 0 Å². The number of carbonyl (C=O) groups excluding carboxylic acids is 1. The van der Waals surface area contributed by atoms with E-state index in [1.54, 1.807) is 4.68 Å². The standard InChI is InChI=1S/C22H23ClN4O.ClH/c1-14-8-16(15-4-3-5-18(23)9-15)6-7-21(14)26-22(28)20-12-24-11-19(20)17-10-25-27(2)13-17;/h3-10,13,19-20,24H,11-12H2,1-2H3,(H,26,28);1H/t19-,20+;/m1./s1. The number of benzene rings is 2. The van der Waals surface area contributed by atoms with E-state index in [0.717, 1.165) is 34.5 Å². The van der Waals surface area contributed by atoms with E-state index in [2.05, 4.69) is 21.8 Å². The number of nitrogens with zero attached hydrogens (tertiary/aromatic N) is 2. The number of aromatic nitrogens is 2. The van der Waals surface area contributed by atoms with Crippen molar-refractivity contribution in [2.45, 2.75) is 12.8 Å². The van der Waals surface area contributed by atoms with E-state index in [0.29, 0.717) is 11.6 Å².